The monoisotopic (exact) mass is 778 g/mol. The summed E-state index contributed by atoms with van der Waals surface area (Å²) in [6, 6.07) is 77.0. The summed E-state index contributed by atoms with van der Waals surface area (Å²) in [5.41, 5.74) is 17.1. The first-order valence-electron chi connectivity index (χ1n) is 20.6. The standard InChI is InChI=1S/C57H38N4/c1-6-16-39(17-7-1)46-30-32-53-48(34-46)49-35-47(40-18-8-2-9-19-40)31-33-54(49)61(53)55-38-58-37-50(41-20-10-3-11-21-41)56(55)44-28-26-43(27-29-44)52-36-51(42-22-12-4-13-23-42)59-57(60-52)45-24-14-5-15-25-45/h1-38H. The smallest absolute Gasteiger partial charge is 0.160 e. The van der Waals surface area contributed by atoms with E-state index in [1.54, 1.807) is 0 Å². The second-order valence-electron chi connectivity index (χ2n) is 15.2. The number of pyridine rings is 1. The Morgan fingerprint density at radius 3 is 1.23 bits per heavy atom. The van der Waals surface area contributed by atoms with Gasteiger partial charge in [0, 0.05) is 44.8 Å². The number of hydrogen-bond donors (Lipinski definition) is 0. The number of nitrogens with zero attached hydrogens (tertiary/aromatic N) is 4. The van der Waals surface area contributed by atoms with Gasteiger partial charge in [0.25, 0.3) is 0 Å². The van der Waals surface area contributed by atoms with Crippen molar-refractivity contribution in [2.24, 2.45) is 0 Å². The van der Waals surface area contributed by atoms with Crippen molar-refractivity contribution in [2.45, 2.75) is 0 Å². The molecular weight excluding hydrogens is 741 g/mol. The average molecular weight is 779 g/mol. The molecule has 0 aliphatic heterocycles. The van der Waals surface area contributed by atoms with Gasteiger partial charge in [-0.15, -0.1) is 0 Å². The molecule has 286 valence electrons. The molecule has 11 aromatic rings. The largest absolute Gasteiger partial charge is 0.307 e. The lowest BCUT2D eigenvalue weighted by Gasteiger charge is -2.18. The molecule has 0 amide bonds. The van der Waals surface area contributed by atoms with Gasteiger partial charge in [0.2, 0.25) is 0 Å². The zero-order valence-corrected chi connectivity index (χ0v) is 33.2. The molecule has 0 aliphatic carbocycles. The molecule has 11 rings (SSSR count). The Labute approximate surface area is 354 Å². The molecule has 0 aliphatic rings. The Hall–Kier alpha value is -8.21. The van der Waals surface area contributed by atoms with Crippen LogP contribution in [0.5, 0.6) is 0 Å². The normalized spacial score (nSPS) is 11.3. The Bertz CT molecular complexity index is 3150. The third-order valence-corrected chi connectivity index (χ3v) is 11.5. The van der Waals surface area contributed by atoms with Crippen molar-refractivity contribution < 1.29 is 0 Å². The molecule has 0 fully saturated rings. The molecule has 4 nitrogen and oxygen atoms in total. The molecule has 0 spiro atoms. The van der Waals surface area contributed by atoms with E-state index in [9.17, 15) is 0 Å². The van der Waals surface area contributed by atoms with Crippen LogP contribution in [0, 0.1) is 0 Å². The minimum absolute atomic E-state index is 0.695. The molecule has 0 unspecified atom stereocenters. The highest BCUT2D eigenvalue weighted by molar-refractivity contribution is 6.12. The Morgan fingerprint density at radius 1 is 0.311 bits per heavy atom. The number of fused-ring (bicyclic) bond motifs is 3. The Balaban J connectivity index is 1.12. The lowest BCUT2D eigenvalue weighted by Crippen LogP contribution is -2.01. The van der Waals surface area contributed by atoms with Gasteiger partial charge >= 0.3 is 0 Å². The van der Waals surface area contributed by atoms with Crippen LogP contribution in [0.2, 0.25) is 0 Å². The highest BCUT2D eigenvalue weighted by Crippen LogP contribution is 2.43. The van der Waals surface area contributed by atoms with E-state index >= 15 is 0 Å². The van der Waals surface area contributed by atoms with E-state index in [2.05, 4.69) is 187 Å². The van der Waals surface area contributed by atoms with Gasteiger partial charge in [0.15, 0.2) is 5.82 Å². The van der Waals surface area contributed by atoms with Gasteiger partial charge in [-0.1, -0.05) is 188 Å². The molecule has 0 bridgehead atoms. The van der Waals surface area contributed by atoms with Gasteiger partial charge in [0.1, 0.15) is 0 Å². The first-order valence-corrected chi connectivity index (χ1v) is 20.6. The molecule has 61 heavy (non-hydrogen) atoms. The maximum Gasteiger partial charge on any atom is 0.160 e. The number of aromatic nitrogens is 4. The molecule has 3 heterocycles. The summed E-state index contributed by atoms with van der Waals surface area (Å²) in [5.74, 6) is 0.695. The molecular formula is C57H38N4. The fraction of sp³-hybridized carbons (Fsp3) is 0. The van der Waals surface area contributed by atoms with Gasteiger partial charge in [-0.25, -0.2) is 9.97 Å². The highest BCUT2D eigenvalue weighted by Gasteiger charge is 2.21. The maximum atomic E-state index is 5.13. The summed E-state index contributed by atoms with van der Waals surface area (Å²) in [7, 11) is 0. The van der Waals surface area contributed by atoms with E-state index in [0.717, 1.165) is 67.1 Å². The van der Waals surface area contributed by atoms with Crippen molar-refractivity contribution in [3.8, 4) is 84.1 Å². The van der Waals surface area contributed by atoms with Crippen LogP contribution < -0.4 is 0 Å². The van der Waals surface area contributed by atoms with Gasteiger partial charge < -0.3 is 4.57 Å². The van der Waals surface area contributed by atoms with E-state index in [1.165, 1.54) is 33.0 Å². The van der Waals surface area contributed by atoms with Gasteiger partial charge in [-0.05, 0) is 63.7 Å². The first-order chi connectivity index (χ1) is 30.2. The van der Waals surface area contributed by atoms with E-state index in [-0.39, 0.29) is 0 Å². The van der Waals surface area contributed by atoms with Crippen molar-refractivity contribution in [2.75, 3.05) is 0 Å². The van der Waals surface area contributed by atoms with Crippen LogP contribution in [-0.2, 0) is 0 Å². The SMILES string of the molecule is c1ccc(-c2ccc3c(c2)c2cc(-c4ccccc4)ccc2n3-c2cncc(-c3ccccc3)c2-c2ccc(-c3cc(-c4ccccc4)nc(-c4ccccc4)n3)cc2)cc1. The highest BCUT2D eigenvalue weighted by atomic mass is 15.0. The van der Waals surface area contributed by atoms with Gasteiger partial charge in [-0.3, -0.25) is 4.98 Å². The Kier molecular flexibility index (Phi) is 9.14. The zero-order chi connectivity index (χ0) is 40.5. The Morgan fingerprint density at radius 2 is 0.721 bits per heavy atom. The van der Waals surface area contributed by atoms with Gasteiger partial charge in [0.05, 0.1) is 34.3 Å². The van der Waals surface area contributed by atoms with Crippen LogP contribution in [0.3, 0.4) is 0 Å². The van der Waals surface area contributed by atoms with Crippen LogP contribution in [0.15, 0.2) is 231 Å². The predicted molar refractivity (Wildman–Crippen MR) is 252 cm³/mol. The lowest BCUT2D eigenvalue weighted by molar-refractivity contribution is 1.14. The zero-order valence-electron chi connectivity index (χ0n) is 33.2. The van der Waals surface area contributed by atoms with Crippen LogP contribution in [0.1, 0.15) is 0 Å². The topological polar surface area (TPSA) is 43.6 Å². The molecule has 0 saturated carbocycles. The number of hydrogen-bond acceptors (Lipinski definition) is 3. The number of rotatable bonds is 8. The second-order valence-corrected chi connectivity index (χ2v) is 15.2. The van der Waals surface area contributed by atoms with E-state index in [1.807, 2.05) is 48.8 Å². The third-order valence-electron chi connectivity index (χ3n) is 11.5. The van der Waals surface area contributed by atoms with Crippen molar-refractivity contribution in [1.82, 2.24) is 19.5 Å². The quantitative estimate of drug-likeness (QED) is 0.154. The molecule has 0 atom stereocenters. The summed E-state index contributed by atoms with van der Waals surface area (Å²) < 4.78 is 2.40. The van der Waals surface area contributed by atoms with Crippen molar-refractivity contribution in [3.05, 3.63) is 231 Å². The summed E-state index contributed by atoms with van der Waals surface area (Å²) in [6.07, 6.45) is 4.02. The fourth-order valence-corrected chi connectivity index (χ4v) is 8.54. The minimum atomic E-state index is 0.695. The first kappa shape index (κ1) is 35.9. The summed E-state index contributed by atoms with van der Waals surface area (Å²) in [4.78, 5) is 15.1. The molecule has 0 N–H and O–H groups in total. The predicted octanol–water partition coefficient (Wildman–Crippen LogP) is 14.6. The molecule has 0 saturated heterocycles. The summed E-state index contributed by atoms with van der Waals surface area (Å²) >= 11 is 0. The van der Waals surface area contributed by atoms with Gasteiger partial charge in [-0.2, -0.15) is 0 Å². The maximum absolute atomic E-state index is 5.13. The molecule has 3 aromatic heterocycles. The number of benzene rings is 8. The van der Waals surface area contributed by atoms with E-state index in [0.29, 0.717) is 5.82 Å². The van der Waals surface area contributed by atoms with E-state index < -0.39 is 0 Å². The average Bonchev–Trinajstić information content (AvgIpc) is 3.68. The lowest BCUT2D eigenvalue weighted by atomic mass is 9.93. The van der Waals surface area contributed by atoms with Crippen molar-refractivity contribution >= 4 is 21.8 Å². The molecule has 4 heteroatoms. The fourth-order valence-electron chi connectivity index (χ4n) is 8.54. The van der Waals surface area contributed by atoms with Crippen LogP contribution in [-0.4, -0.2) is 19.5 Å². The molecule has 8 aromatic carbocycles. The van der Waals surface area contributed by atoms with Crippen LogP contribution in [0.4, 0.5) is 0 Å². The van der Waals surface area contributed by atoms with Crippen molar-refractivity contribution in [3.63, 3.8) is 0 Å². The van der Waals surface area contributed by atoms with E-state index in [4.69, 9.17) is 15.0 Å². The third kappa shape index (κ3) is 6.76. The molecule has 0 radical (unpaired) electrons. The second kappa shape index (κ2) is 15.5. The van der Waals surface area contributed by atoms with Crippen LogP contribution in [0.25, 0.3) is 106 Å². The minimum Gasteiger partial charge on any atom is -0.307 e. The summed E-state index contributed by atoms with van der Waals surface area (Å²) in [6.45, 7) is 0. The van der Waals surface area contributed by atoms with Crippen LogP contribution >= 0.6 is 0 Å². The summed E-state index contributed by atoms with van der Waals surface area (Å²) in [5, 5.41) is 2.38. The van der Waals surface area contributed by atoms with Crippen molar-refractivity contribution in [1.29, 1.82) is 0 Å².